The van der Waals surface area contributed by atoms with Gasteiger partial charge in [0.15, 0.2) is 18.1 Å². The number of ether oxygens (including phenoxy) is 3. The van der Waals surface area contributed by atoms with E-state index in [4.69, 9.17) is 14.2 Å². The van der Waals surface area contributed by atoms with Gasteiger partial charge < -0.3 is 29.7 Å². The Kier molecular flexibility index (Phi) is 8.37. The van der Waals surface area contributed by atoms with E-state index >= 15 is 0 Å². The number of hydrogen-bond donors (Lipinski definition) is 2. The van der Waals surface area contributed by atoms with Crippen LogP contribution in [0.3, 0.4) is 0 Å². The van der Waals surface area contributed by atoms with Crippen LogP contribution in [0, 0.1) is 6.92 Å². The van der Waals surface area contributed by atoms with Crippen molar-refractivity contribution in [3.8, 4) is 28.4 Å². The number of benzene rings is 4. The molecule has 48 heavy (non-hydrogen) atoms. The van der Waals surface area contributed by atoms with E-state index in [0.29, 0.717) is 33.8 Å². The van der Waals surface area contributed by atoms with Crippen LogP contribution in [0.5, 0.6) is 17.2 Å². The maximum atomic E-state index is 13.8. The smallest absolute Gasteiger partial charge is 0.258 e. The van der Waals surface area contributed by atoms with Crippen molar-refractivity contribution in [3.63, 3.8) is 0 Å². The van der Waals surface area contributed by atoms with Gasteiger partial charge in [0.2, 0.25) is 5.91 Å². The fourth-order valence-corrected chi connectivity index (χ4v) is 5.99. The van der Waals surface area contributed by atoms with Gasteiger partial charge in [0, 0.05) is 18.7 Å². The van der Waals surface area contributed by atoms with Gasteiger partial charge in [0.1, 0.15) is 29.4 Å². The Morgan fingerprint density at radius 1 is 0.938 bits per heavy atom. The summed E-state index contributed by atoms with van der Waals surface area (Å²) < 4.78 is 17.9. The summed E-state index contributed by atoms with van der Waals surface area (Å²) >= 11 is 0. The van der Waals surface area contributed by atoms with Gasteiger partial charge in [-0.05, 0) is 77.7 Å². The number of carbonyl (C=O) groups is 3. The Balaban J connectivity index is 1.20. The molecule has 6 bridgehead atoms. The number of hydrogen-bond acceptors (Lipinski definition) is 8. The molecule has 244 valence electrons. The highest BCUT2D eigenvalue weighted by Crippen LogP contribution is 2.32. The minimum atomic E-state index is -0.591. The van der Waals surface area contributed by atoms with Crippen molar-refractivity contribution in [3.05, 3.63) is 102 Å². The summed E-state index contributed by atoms with van der Waals surface area (Å²) in [5.74, 6) is 0.649. The molecule has 0 aliphatic carbocycles. The third kappa shape index (κ3) is 6.50. The lowest BCUT2D eigenvalue weighted by molar-refractivity contribution is -0.131. The third-order valence-corrected chi connectivity index (χ3v) is 8.55. The van der Waals surface area contributed by atoms with E-state index in [-0.39, 0.29) is 50.5 Å². The predicted molar refractivity (Wildman–Crippen MR) is 177 cm³/mol. The maximum Gasteiger partial charge on any atom is 0.258 e. The van der Waals surface area contributed by atoms with E-state index < -0.39 is 12.1 Å². The van der Waals surface area contributed by atoms with Gasteiger partial charge in [-0.3, -0.25) is 14.4 Å². The fourth-order valence-electron chi connectivity index (χ4n) is 5.99. The summed E-state index contributed by atoms with van der Waals surface area (Å²) in [4.78, 5) is 43.0. The first-order valence-corrected chi connectivity index (χ1v) is 15.7. The Labute approximate surface area is 276 Å². The highest BCUT2D eigenvalue weighted by atomic mass is 16.5. The zero-order valence-electron chi connectivity index (χ0n) is 26.5. The van der Waals surface area contributed by atoms with Crippen molar-refractivity contribution < 1.29 is 28.6 Å². The number of likely N-dealkylation sites (tertiary alicyclic amines) is 1. The van der Waals surface area contributed by atoms with Gasteiger partial charge in [-0.2, -0.15) is 15.0 Å². The largest absolute Gasteiger partial charge is 0.493 e. The molecule has 3 amide bonds. The molecule has 1 saturated heterocycles. The molecule has 2 N–H and O–H groups in total. The van der Waals surface area contributed by atoms with E-state index in [0.717, 1.165) is 22.3 Å². The van der Waals surface area contributed by atoms with E-state index in [9.17, 15) is 14.4 Å². The molecule has 5 aromatic rings. The van der Waals surface area contributed by atoms with Gasteiger partial charge in [-0.25, -0.2) is 0 Å². The van der Waals surface area contributed by atoms with Gasteiger partial charge in [-0.15, -0.1) is 0 Å². The van der Waals surface area contributed by atoms with Gasteiger partial charge >= 0.3 is 0 Å². The number of aryl methyl sites for hydroxylation is 1. The number of nitrogens with one attached hydrogen (secondary N) is 2. The lowest BCUT2D eigenvalue weighted by Gasteiger charge is -2.23. The second kappa shape index (κ2) is 13.1. The van der Waals surface area contributed by atoms with Gasteiger partial charge in [0.05, 0.1) is 19.7 Å². The molecule has 2 atom stereocenters. The average Bonchev–Trinajstić information content (AvgIpc) is 3.70. The fraction of sp³-hybridized carbons (Fsp3) is 0.250. The van der Waals surface area contributed by atoms with Crippen LogP contribution in [0.1, 0.15) is 21.5 Å². The first kappa shape index (κ1) is 30.7. The zero-order valence-corrected chi connectivity index (χ0v) is 26.5. The zero-order chi connectivity index (χ0) is 33.2. The molecule has 0 unspecified atom stereocenters. The van der Waals surface area contributed by atoms with Crippen LogP contribution in [0.4, 0.5) is 0 Å². The molecule has 8 rings (SSSR count). The molecular formula is C36H34N6O6. The monoisotopic (exact) mass is 646 g/mol. The first-order valence-electron chi connectivity index (χ1n) is 15.7. The minimum Gasteiger partial charge on any atom is -0.493 e. The summed E-state index contributed by atoms with van der Waals surface area (Å²) in [6.07, 6.45) is -0.591. The molecular weight excluding hydrogens is 612 g/mol. The average molecular weight is 647 g/mol. The number of aromatic nitrogens is 3. The number of fused-ring (bicyclic) bond motifs is 8. The van der Waals surface area contributed by atoms with Crippen LogP contribution in [0.25, 0.3) is 22.2 Å². The van der Waals surface area contributed by atoms with Gasteiger partial charge in [-0.1, -0.05) is 36.4 Å². The number of carbonyl (C=O) groups excluding carboxylic acids is 3. The Morgan fingerprint density at radius 2 is 1.75 bits per heavy atom. The van der Waals surface area contributed by atoms with E-state index in [1.807, 2.05) is 67.6 Å². The molecule has 4 heterocycles. The second-order valence-corrected chi connectivity index (χ2v) is 11.9. The van der Waals surface area contributed by atoms with Crippen molar-refractivity contribution in [1.29, 1.82) is 0 Å². The Hall–Kier alpha value is -5.91. The SMILES string of the molecule is COc1cc2ccc1O[C@H]1CN(C(=O)Cn3nc4ccccc4n3)C[C@@H]1NC(=O)c1ccc(C)c(c1)-c1cccc(c1)OCC(=O)NC2. The Bertz CT molecular complexity index is 1990. The van der Waals surface area contributed by atoms with Crippen LogP contribution in [0.2, 0.25) is 0 Å². The standard InChI is InChI=1S/C36H34N6O6/c1-22-10-12-25-16-27(22)24-6-5-7-26(15-24)47-21-34(43)37-17-23-11-13-31(32(14-23)46-2)48-33-19-41(18-30(33)38-36(25)45)35(44)20-42-39-28-8-3-4-9-29(28)40-42/h3-16,30,33H,17-21H2,1-2H3,(H,37,43)(H,38,45)/t30-,33-/m0/s1. The first-order chi connectivity index (χ1) is 23.3. The molecule has 0 radical (unpaired) electrons. The maximum absolute atomic E-state index is 13.8. The molecule has 1 aromatic heterocycles. The quantitative estimate of drug-likeness (QED) is 0.304. The van der Waals surface area contributed by atoms with Crippen molar-refractivity contribution in [1.82, 2.24) is 30.5 Å². The van der Waals surface area contributed by atoms with E-state index in [1.165, 1.54) is 11.9 Å². The number of nitrogens with zero attached hydrogens (tertiary/aromatic N) is 4. The van der Waals surface area contributed by atoms with Gasteiger partial charge in [0.25, 0.3) is 11.8 Å². The number of rotatable bonds is 3. The van der Waals surface area contributed by atoms with Crippen LogP contribution in [0.15, 0.2) is 84.9 Å². The summed E-state index contributed by atoms with van der Waals surface area (Å²) in [6, 6.07) is 25.2. The van der Waals surface area contributed by atoms with Crippen molar-refractivity contribution >= 4 is 28.8 Å². The van der Waals surface area contributed by atoms with Crippen molar-refractivity contribution in [2.24, 2.45) is 0 Å². The number of amides is 3. The molecule has 0 spiro atoms. The molecule has 3 aliphatic heterocycles. The molecule has 3 aliphatic rings. The van der Waals surface area contributed by atoms with Crippen molar-refractivity contribution in [2.45, 2.75) is 32.2 Å². The summed E-state index contributed by atoms with van der Waals surface area (Å²) in [5, 5.41) is 14.9. The topological polar surface area (TPSA) is 137 Å². The third-order valence-electron chi connectivity index (χ3n) is 8.55. The molecule has 4 aromatic carbocycles. The highest BCUT2D eigenvalue weighted by molar-refractivity contribution is 5.96. The van der Waals surface area contributed by atoms with E-state index in [2.05, 4.69) is 20.8 Å². The van der Waals surface area contributed by atoms with Crippen LogP contribution >= 0.6 is 0 Å². The molecule has 0 saturated carbocycles. The summed E-state index contributed by atoms with van der Waals surface area (Å²) in [7, 11) is 1.53. The molecule has 12 nitrogen and oxygen atoms in total. The predicted octanol–water partition coefficient (Wildman–Crippen LogP) is 3.51. The highest BCUT2D eigenvalue weighted by Gasteiger charge is 2.38. The van der Waals surface area contributed by atoms with E-state index in [1.54, 1.807) is 29.2 Å². The molecule has 12 heteroatoms. The Morgan fingerprint density at radius 3 is 2.54 bits per heavy atom. The number of methoxy groups -OCH3 is 1. The normalized spacial score (nSPS) is 17.9. The lowest BCUT2D eigenvalue weighted by Crippen LogP contribution is -2.45. The van der Waals surface area contributed by atoms with Crippen molar-refractivity contribution in [2.75, 3.05) is 26.8 Å². The summed E-state index contributed by atoms with van der Waals surface area (Å²) in [5.41, 5.74) is 5.32. The minimum absolute atomic E-state index is 0.0596. The summed E-state index contributed by atoms with van der Waals surface area (Å²) in [6.45, 7) is 2.45. The van der Waals surface area contributed by atoms with Crippen LogP contribution in [-0.4, -0.2) is 76.6 Å². The van der Waals surface area contributed by atoms with Crippen LogP contribution < -0.4 is 24.8 Å². The lowest BCUT2D eigenvalue weighted by atomic mass is 9.97. The second-order valence-electron chi connectivity index (χ2n) is 11.9. The molecule has 1 fully saturated rings. The van der Waals surface area contributed by atoms with Crippen LogP contribution in [-0.2, 0) is 22.7 Å².